The number of hydrogen-bond acceptors (Lipinski definition) is 4. The molecule has 19 heavy (non-hydrogen) atoms. The highest BCUT2D eigenvalue weighted by Gasteiger charge is 2.40. The summed E-state index contributed by atoms with van der Waals surface area (Å²) in [5, 5.41) is 2.20. The molecule has 98 valence electrons. The van der Waals surface area contributed by atoms with Gasteiger partial charge in [0.15, 0.2) is 0 Å². The molecule has 0 aliphatic carbocycles. The van der Waals surface area contributed by atoms with Crippen molar-refractivity contribution in [1.29, 1.82) is 0 Å². The largest absolute Gasteiger partial charge is 0.288 e. The van der Waals surface area contributed by atoms with Gasteiger partial charge in [-0.05, 0) is 36.8 Å². The smallest absolute Gasteiger partial charge is 0.115 e. The average Bonchev–Trinajstić information content (AvgIpc) is 2.94. The second kappa shape index (κ2) is 4.39. The van der Waals surface area contributed by atoms with Crippen LogP contribution < -0.4 is 0 Å². The van der Waals surface area contributed by atoms with E-state index >= 15 is 0 Å². The lowest BCUT2D eigenvalue weighted by Gasteiger charge is -2.35. The molecular weight excluding hydrogens is 254 g/mol. The van der Waals surface area contributed by atoms with E-state index in [-0.39, 0.29) is 0 Å². The van der Waals surface area contributed by atoms with Gasteiger partial charge in [0.2, 0.25) is 0 Å². The maximum Gasteiger partial charge on any atom is 0.115 e. The van der Waals surface area contributed by atoms with E-state index in [9.17, 15) is 0 Å². The van der Waals surface area contributed by atoms with Gasteiger partial charge in [-0.1, -0.05) is 0 Å². The van der Waals surface area contributed by atoms with Gasteiger partial charge < -0.3 is 0 Å². The predicted octanol–water partition coefficient (Wildman–Crippen LogP) is 3.11. The van der Waals surface area contributed by atoms with Crippen LogP contribution in [0.5, 0.6) is 0 Å². The van der Waals surface area contributed by atoms with Crippen molar-refractivity contribution in [2.75, 3.05) is 0 Å². The molecule has 0 aromatic carbocycles. The first kappa shape index (κ1) is 11.6. The van der Waals surface area contributed by atoms with Crippen molar-refractivity contribution in [1.82, 2.24) is 14.9 Å². The van der Waals surface area contributed by atoms with E-state index < -0.39 is 0 Å². The third-order valence-electron chi connectivity index (χ3n) is 4.55. The Kier molecular flexibility index (Phi) is 2.67. The first-order valence-corrected chi connectivity index (χ1v) is 7.78. The lowest BCUT2D eigenvalue weighted by molar-refractivity contribution is 0.167. The van der Waals surface area contributed by atoms with E-state index in [2.05, 4.69) is 33.2 Å². The van der Waals surface area contributed by atoms with E-state index in [1.165, 1.54) is 34.5 Å². The van der Waals surface area contributed by atoms with Gasteiger partial charge in [0.1, 0.15) is 6.33 Å². The Morgan fingerprint density at radius 2 is 2.37 bits per heavy atom. The summed E-state index contributed by atoms with van der Waals surface area (Å²) in [4.78, 5) is 12.9. The summed E-state index contributed by atoms with van der Waals surface area (Å²) >= 11 is 1.88. The number of aromatic nitrogens is 2. The number of aryl methyl sites for hydroxylation is 1. The summed E-state index contributed by atoms with van der Waals surface area (Å²) < 4.78 is 0. The quantitative estimate of drug-likeness (QED) is 0.840. The molecule has 2 aliphatic rings. The second-order valence-corrected chi connectivity index (χ2v) is 6.58. The van der Waals surface area contributed by atoms with Gasteiger partial charge in [0.05, 0.1) is 5.69 Å². The van der Waals surface area contributed by atoms with Crippen LogP contribution in [0.1, 0.15) is 40.6 Å². The first-order valence-electron chi connectivity index (χ1n) is 6.90. The minimum Gasteiger partial charge on any atom is -0.288 e. The van der Waals surface area contributed by atoms with Gasteiger partial charge in [0, 0.05) is 41.7 Å². The Labute approximate surface area is 117 Å². The number of rotatable bonds is 2. The molecule has 3 nitrogen and oxygen atoms in total. The Bertz CT molecular complexity index is 607. The Balaban J connectivity index is 1.67. The molecular formula is C15H17N3S. The summed E-state index contributed by atoms with van der Waals surface area (Å²) in [6.07, 6.45) is 7.37. The van der Waals surface area contributed by atoms with Crippen LogP contribution in [0.3, 0.4) is 0 Å². The van der Waals surface area contributed by atoms with Gasteiger partial charge in [0.25, 0.3) is 0 Å². The van der Waals surface area contributed by atoms with Gasteiger partial charge >= 0.3 is 0 Å². The van der Waals surface area contributed by atoms with Crippen molar-refractivity contribution >= 4 is 11.3 Å². The molecule has 2 unspecified atom stereocenters. The highest BCUT2D eigenvalue weighted by Crippen LogP contribution is 2.43. The number of hydrogen-bond donors (Lipinski definition) is 0. The molecule has 2 atom stereocenters. The van der Waals surface area contributed by atoms with Crippen LogP contribution >= 0.6 is 11.3 Å². The van der Waals surface area contributed by atoms with E-state index in [0.29, 0.717) is 12.1 Å². The normalized spacial score (nSPS) is 25.5. The molecule has 1 saturated heterocycles. The molecule has 2 bridgehead atoms. The number of fused-ring (bicyclic) bond motifs is 4. The van der Waals surface area contributed by atoms with E-state index in [0.717, 1.165) is 13.0 Å². The number of nitrogens with zero attached hydrogens (tertiary/aromatic N) is 3. The van der Waals surface area contributed by atoms with E-state index in [1.807, 2.05) is 17.5 Å². The van der Waals surface area contributed by atoms with Crippen LogP contribution in [0.25, 0.3) is 0 Å². The fraction of sp³-hybridized carbons (Fsp3) is 0.467. The molecule has 2 aromatic heterocycles. The molecule has 0 saturated carbocycles. The molecule has 4 rings (SSSR count). The van der Waals surface area contributed by atoms with Crippen LogP contribution in [0.2, 0.25) is 0 Å². The third-order valence-corrected chi connectivity index (χ3v) is 5.56. The summed E-state index contributed by atoms with van der Waals surface area (Å²) in [6, 6.07) is 3.44. The van der Waals surface area contributed by atoms with Crippen molar-refractivity contribution < 1.29 is 0 Å². The van der Waals surface area contributed by atoms with Crippen LogP contribution in [0.4, 0.5) is 0 Å². The summed E-state index contributed by atoms with van der Waals surface area (Å²) in [5.41, 5.74) is 4.08. The van der Waals surface area contributed by atoms with Gasteiger partial charge in [-0.3, -0.25) is 4.90 Å². The molecule has 0 amide bonds. The van der Waals surface area contributed by atoms with Crippen molar-refractivity contribution in [2.24, 2.45) is 0 Å². The summed E-state index contributed by atoms with van der Waals surface area (Å²) in [5.74, 6) is 0. The molecule has 1 fully saturated rings. The Morgan fingerprint density at radius 1 is 1.42 bits per heavy atom. The fourth-order valence-electron chi connectivity index (χ4n) is 3.50. The minimum atomic E-state index is 0.538. The van der Waals surface area contributed by atoms with Gasteiger partial charge in [-0.25, -0.2) is 9.97 Å². The molecule has 2 aliphatic heterocycles. The molecule has 0 N–H and O–H groups in total. The standard InChI is InChI=1S/C15H17N3S/c1-10-4-5-19-15(10)8-18-11-2-3-14(18)12-7-16-9-17-13(12)6-11/h4-5,7,9,11,14H,2-3,6,8H2,1H3. The summed E-state index contributed by atoms with van der Waals surface area (Å²) in [7, 11) is 0. The Hall–Kier alpha value is -1.26. The topological polar surface area (TPSA) is 29.0 Å². The number of thiophene rings is 1. The van der Waals surface area contributed by atoms with Gasteiger partial charge in [-0.2, -0.15) is 0 Å². The molecule has 4 heteroatoms. The minimum absolute atomic E-state index is 0.538. The second-order valence-electron chi connectivity index (χ2n) is 5.57. The zero-order valence-electron chi connectivity index (χ0n) is 11.0. The SMILES string of the molecule is Cc1ccsc1CN1C2CCC1c1cncnc1C2. The van der Waals surface area contributed by atoms with Crippen molar-refractivity contribution in [3.8, 4) is 0 Å². The fourth-order valence-corrected chi connectivity index (χ4v) is 4.41. The van der Waals surface area contributed by atoms with Crippen LogP contribution in [-0.2, 0) is 13.0 Å². The molecule has 0 radical (unpaired) electrons. The molecule has 2 aromatic rings. The van der Waals surface area contributed by atoms with Crippen LogP contribution in [0, 0.1) is 6.92 Å². The molecule has 0 spiro atoms. The van der Waals surface area contributed by atoms with Crippen LogP contribution in [-0.4, -0.2) is 20.9 Å². The van der Waals surface area contributed by atoms with Crippen molar-refractivity contribution in [3.05, 3.63) is 45.7 Å². The zero-order valence-corrected chi connectivity index (χ0v) is 11.9. The highest BCUT2D eigenvalue weighted by atomic mass is 32.1. The van der Waals surface area contributed by atoms with Crippen molar-refractivity contribution in [2.45, 2.75) is 44.8 Å². The van der Waals surface area contributed by atoms with Gasteiger partial charge in [-0.15, -0.1) is 11.3 Å². The van der Waals surface area contributed by atoms with Crippen LogP contribution in [0.15, 0.2) is 24.0 Å². The lowest BCUT2D eigenvalue weighted by atomic mass is 9.99. The average molecular weight is 271 g/mol. The maximum absolute atomic E-state index is 4.47. The Morgan fingerprint density at radius 3 is 3.21 bits per heavy atom. The van der Waals surface area contributed by atoms with E-state index in [4.69, 9.17) is 0 Å². The zero-order chi connectivity index (χ0) is 12.8. The predicted molar refractivity (Wildman–Crippen MR) is 76.1 cm³/mol. The highest BCUT2D eigenvalue weighted by molar-refractivity contribution is 7.10. The first-order chi connectivity index (χ1) is 9.33. The monoisotopic (exact) mass is 271 g/mol. The molecule has 4 heterocycles. The third kappa shape index (κ3) is 1.82. The van der Waals surface area contributed by atoms with E-state index in [1.54, 1.807) is 6.33 Å². The maximum atomic E-state index is 4.47. The van der Waals surface area contributed by atoms with Crippen molar-refractivity contribution in [3.63, 3.8) is 0 Å². The summed E-state index contributed by atoms with van der Waals surface area (Å²) in [6.45, 7) is 3.31. The lowest BCUT2D eigenvalue weighted by Crippen LogP contribution is -2.37.